The fraction of sp³-hybridized carbons (Fsp3) is 0.562. The molecule has 1 aromatic rings. The molecule has 0 amide bonds. The maximum absolute atomic E-state index is 11.9. The summed E-state index contributed by atoms with van der Waals surface area (Å²) >= 11 is 0. The number of benzene rings is 1. The summed E-state index contributed by atoms with van der Waals surface area (Å²) in [6.07, 6.45) is 4.83. The lowest BCUT2D eigenvalue weighted by Gasteiger charge is -2.21. The van der Waals surface area contributed by atoms with Crippen LogP contribution < -0.4 is 10.5 Å². The minimum absolute atomic E-state index is 0. The van der Waals surface area contributed by atoms with E-state index in [4.69, 9.17) is 5.73 Å². The molecule has 0 saturated carbocycles. The van der Waals surface area contributed by atoms with E-state index in [-0.39, 0.29) is 28.9 Å². The van der Waals surface area contributed by atoms with Crippen LogP contribution in [-0.2, 0) is 16.6 Å². The summed E-state index contributed by atoms with van der Waals surface area (Å²) in [4.78, 5) is 6.85. The van der Waals surface area contributed by atoms with Gasteiger partial charge in [0.15, 0.2) is 5.96 Å². The molecule has 0 atom stereocenters. The van der Waals surface area contributed by atoms with Gasteiger partial charge >= 0.3 is 0 Å². The van der Waals surface area contributed by atoms with Gasteiger partial charge in [0.25, 0.3) is 0 Å². The van der Waals surface area contributed by atoms with E-state index < -0.39 is 10.0 Å². The zero-order valence-electron chi connectivity index (χ0n) is 14.1. The summed E-state index contributed by atoms with van der Waals surface area (Å²) in [5.74, 6) is 0.580. The predicted octanol–water partition coefficient (Wildman–Crippen LogP) is 2.29. The molecule has 0 radical (unpaired) electrons. The summed E-state index contributed by atoms with van der Waals surface area (Å²) < 4.78 is 26.2. The summed E-state index contributed by atoms with van der Waals surface area (Å²) in [5, 5.41) is 0. The zero-order valence-corrected chi connectivity index (χ0v) is 17.2. The third-order valence-corrected chi connectivity index (χ3v) is 5.48. The van der Waals surface area contributed by atoms with Gasteiger partial charge in [0.05, 0.1) is 11.4 Å². The van der Waals surface area contributed by atoms with Gasteiger partial charge in [0.1, 0.15) is 0 Å². The van der Waals surface area contributed by atoms with E-state index in [0.29, 0.717) is 19.0 Å². The second-order valence-electron chi connectivity index (χ2n) is 5.72. The molecule has 136 valence electrons. The largest absolute Gasteiger partial charge is 0.370 e. The van der Waals surface area contributed by atoms with Crippen LogP contribution in [-0.4, -0.2) is 38.9 Å². The monoisotopic (exact) mass is 466 g/mol. The fourth-order valence-corrected chi connectivity index (χ4v) is 3.66. The van der Waals surface area contributed by atoms with Crippen molar-refractivity contribution in [2.75, 3.05) is 19.6 Å². The molecule has 6 nitrogen and oxygen atoms in total. The third kappa shape index (κ3) is 6.21. The van der Waals surface area contributed by atoms with Crippen molar-refractivity contribution in [2.24, 2.45) is 10.7 Å². The minimum atomic E-state index is -3.40. The van der Waals surface area contributed by atoms with Crippen molar-refractivity contribution in [3.8, 4) is 0 Å². The van der Waals surface area contributed by atoms with Gasteiger partial charge in [-0.1, -0.05) is 31.9 Å². The Kier molecular flexibility index (Phi) is 8.99. The van der Waals surface area contributed by atoms with Crippen LogP contribution in [0.2, 0.25) is 0 Å². The van der Waals surface area contributed by atoms with Crippen molar-refractivity contribution in [2.45, 2.75) is 44.0 Å². The lowest BCUT2D eigenvalue weighted by atomic mass is 10.2. The van der Waals surface area contributed by atoms with Crippen molar-refractivity contribution in [1.82, 2.24) is 9.62 Å². The van der Waals surface area contributed by atoms with Crippen LogP contribution in [0.4, 0.5) is 0 Å². The zero-order chi connectivity index (χ0) is 16.7. The van der Waals surface area contributed by atoms with Gasteiger partial charge in [-0.05, 0) is 30.5 Å². The van der Waals surface area contributed by atoms with E-state index in [9.17, 15) is 8.42 Å². The second kappa shape index (κ2) is 10.2. The van der Waals surface area contributed by atoms with Crippen LogP contribution >= 0.6 is 24.0 Å². The van der Waals surface area contributed by atoms with Gasteiger partial charge < -0.3 is 10.6 Å². The van der Waals surface area contributed by atoms with Crippen LogP contribution in [0, 0.1) is 0 Å². The first-order valence-electron chi connectivity index (χ1n) is 8.16. The number of aliphatic imine (C=N–C) groups is 1. The highest BCUT2D eigenvalue weighted by molar-refractivity contribution is 14.0. The van der Waals surface area contributed by atoms with E-state index in [2.05, 4.69) is 14.6 Å². The summed E-state index contributed by atoms with van der Waals surface area (Å²) in [6.45, 7) is 4.53. The number of guanidine groups is 1. The Balaban J connectivity index is 0.00000288. The molecule has 0 spiro atoms. The summed E-state index contributed by atoms with van der Waals surface area (Å²) in [7, 11) is -3.40. The minimum Gasteiger partial charge on any atom is -0.370 e. The van der Waals surface area contributed by atoms with Crippen LogP contribution in [0.25, 0.3) is 0 Å². The normalized spacial score (nSPS) is 16.4. The van der Waals surface area contributed by atoms with Gasteiger partial charge in [-0.15, -0.1) is 24.0 Å². The molecule has 8 heteroatoms. The number of nitrogens with one attached hydrogen (secondary N) is 1. The average Bonchev–Trinajstić information content (AvgIpc) is 2.82. The van der Waals surface area contributed by atoms with Gasteiger partial charge in [-0.3, -0.25) is 0 Å². The van der Waals surface area contributed by atoms with E-state index in [0.717, 1.165) is 31.5 Å². The smallest absolute Gasteiger partial charge is 0.240 e. The van der Waals surface area contributed by atoms with E-state index in [1.165, 1.54) is 12.8 Å². The average molecular weight is 466 g/mol. The molecule has 1 aromatic carbocycles. The molecule has 0 aliphatic carbocycles. The Hall–Kier alpha value is -0.870. The molecular formula is C16H27IN4O2S. The molecule has 0 aromatic heterocycles. The highest BCUT2D eigenvalue weighted by atomic mass is 127. The first-order valence-corrected chi connectivity index (χ1v) is 9.64. The molecule has 3 N–H and O–H groups in total. The maximum Gasteiger partial charge on any atom is 0.240 e. The molecule has 2 rings (SSSR count). The fourth-order valence-electron chi connectivity index (χ4n) is 2.62. The molecule has 24 heavy (non-hydrogen) atoms. The highest BCUT2D eigenvalue weighted by Gasteiger charge is 2.12. The standard InChI is InChI=1S/C16H26N4O2S.HI/c1-2-19-23(21,22)15-9-7-14(8-10-15)13-18-16(17)20-11-5-3-4-6-12-20;/h7-10,19H,2-6,11-13H2,1H3,(H2,17,18);1H. The SMILES string of the molecule is CCNS(=O)(=O)c1ccc(CN=C(N)N2CCCCCC2)cc1.I. The Bertz CT molecular complexity index is 624. The van der Waals surface area contributed by atoms with Crippen molar-refractivity contribution in [3.63, 3.8) is 0 Å². The van der Waals surface area contributed by atoms with Gasteiger partial charge in [0, 0.05) is 19.6 Å². The van der Waals surface area contributed by atoms with E-state index >= 15 is 0 Å². The Labute approximate surface area is 162 Å². The number of hydrogen-bond donors (Lipinski definition) is 2. The lowest BCUT2D eigenvalue weighted by Crippen LogP contribution is -2.38. The lowest BCUT2D eigenvalue weighted by molar-refractivity contribution is 0.428. The number of nitrogens with zero attached hydrogens (tertiary/aromatic N) is 2. The topological polar surface area (TPSA) is 87.8 Å². The van der Waals surface area contributed by atoms with Gasteiger partial charge in [0.2, 0.25) is 10.0 Å². The molecule has 0 unspecified atom stereocenters. The molecule has 1 aliphatic heterocycles. The predicted molar refractivity (Wildman–Crippen MR) is 108 cm³/mol. The number of nitrogens with two attached hydrogens (primary N) is 1. The second-order valence-corrected chi connectivity index (χ2v) is 7.49. The van der Waals surface area contributed by atoms with Crippen LogP contribution in [0.5, 0.6) is 0 Å². The Morgan fingerprint density at radius 3 is 2.29 bits per heavy atom. The van der Waals surface area contributed by atoms with Crippen LogP contribution in [0.1, 0.15) is 38.2 Å². The number of sulfonamides is 1. The summed E-state index contributed by atoms with van der Waals surface area (Å²) in [6, 6.07) is 6.77. The summed E-state index contributed by atoms with van der Waals surface area (Å²) in [5.41, 5.74) is 7.02. The number of halogens is 1. The first-order chi connectivity index (χ1) is 11.0. The van der Waals surface area contributed by atoms with Crippen LogP contribution in [0.3, 0.4) is 0 Å². The van der Waals surface area contributed by atoms with Crippen molar-refractivity contribution in [1.29, 1.82) is 0 Å². The molecule has 0 bridgehead atoms. The van der Waals surface area contributed by atoms with Gasteiger partial charge in [-0.2, -0.15) is 0 Å². The van der Waals surface area contributed by atoms with Crippen LogP contribution in [0.15, 0.2) is 34.2 Å². The van der Waals surface area contributed by atoms with Crippen molar-refractivity contribution in [3.05, 3.63) is 29.8 Å². The third-order valence-electron chi connectivity index (χ3n) is 3.92. The Morgan fingerprint density at radius 2 is 1.75 bits per heavy atom. The van der Waals surface area contributed by atoms with Crippen molar-refractivity contribution >= 4 is 40.0 Å². The number of likely N-dealkylation sites (tertiary alicyclic amines) is 1. The molecule has 1 saturated heterocycles. The molecule has 1 aliphatic rings. The molecule has 1 heterocycles. The first kappa shape index (κ1) is 21.2. The quantitative estimate of drug-likeness (QED) is 0.396. The molecular weight excluding hydrogens is 439 g/mol. The number of rotatable bonds is 5. The highest BCUT2D eigenvalue weighted by Crippen LogP contribution is 2.12. The Morgan fingerprint density at radius 1 is 1.17 bits per heavy atom. The molecule has 1 fully saturated rings. The number of hydrogen-bond acceptors (Lipinski definition) is 3. The van der Waals surface area contributed by atoms with Crippen molar-refractivity contribution < 1.29 is 8.42 Å². The maximum atomic E-state index is 11.9. The van der Waals surface area contributed by atoms with Gasteiger partial charge in [-0.25, -0.2) is 18.1 Å². The van der Waals surface area contributed by atoms with E-state index in [1.807, 2.05) is 0 Å². The van der Waals surface area contributed by atoms with E-state index in [1.54, 1.807) is 31.2 Å².